The number of aromatic nitrogens is 5. The maximum Gasteiger partial charge on any atom is 0.327 e. The highest BCUT2D eigenvalue weighted by molar-refractivity contribution is 5.69. The number of aromatic amines is 1. The maximum absolute atomic E-state index is 12.2. The molecule has 130 valence electrons. The summed E-state index contributed by atoms with van der Waals surface area (Å²) in [6, 6.07) is 5.72. The molecule has 25 heavy (non-hydrogen) atoms. The van der Waals surface area contributed by atoms with Crippen molar-refractivity contribution in [2.45, 2.75) is 33.2 Å². The molecular formula is C18H22N6O. The molecule has 7 nitrogen and oxygen atoms in total. The molecule has 4 rings (SSSR count). The maximum atomic E-state index is 12.2. The van der Waals surface area contributed by atoms with Crippen molar-refractivity contribution in [1.82, 2.24) is 24.5 Å². The van der Waals surface area contributed by atoms with Crippen LogP contribution in [-0.2, 0) is 6.54 Å². The van der Waals surface area contributed by atoms with Crippen LogP contribution in [0.5, 0.6) is 0 Å². The summed E-state index contributed by atoms with van der Waals surface area (Å²) in [6.45, 7) is 6.54. The van der Waals surface area contributed by atoms with Gasteiger partial charge in [0.1, 0.15) is 0 Å². The van der Waals surface area contributed by atoms with Gasteiger partial charge in [-0.3, -0.25) is 4.57 Å². The van der Waals surface area contributed by atoms with Gasteiger partial charge in [0, 0.05) is 37.2 Å². The molecule has 1 N–H and O–H groups in total. The predicted molar refractivity (Wildman–Crippen MR) is 96.8 cm³/mol. The zero-order chi connectivity index (χ0) is 17.4. The quantitative estimate of drug-likeness (QED) is 0.790. The Morgan fingerprint density at radius 1 is 1.20 bits per heavy atom. The first kappa shape index (κ1) is 15.8. The van der Waals surface area contributed by atoms with Crippen molar-refractivity contribution >= 4 is 17.1 Å². The lowest BCUT2D eigenvalue weighted by atomic mass is 9.97. The van der Waals surface area contributed by atoms with E-state index >= 15 is 0 Å². The summed E-state index contributed by atoms with van der Waals surface area (Å²) >= 11 is 0. The predicted octanol–water partition coefficient (Wildman–Crippen LogP) is 2.05. The molecule has 1 aliphatic rings. The molecule has 0 bridgehead atoms. The molecule has 0 unspecified atom stereocenters. The number of imidazole rings is 1. The van der Waals surface area contributed by atoms with Gasteiger partial charge in [-0.2, -0.15) is 0 Å². The van der Waals surface area contributed by atoms with E-state index in [1.54, 1.807) is 10.8 Å². The van der Waals surface area contributed by atoms with E-state index in [0.29, 0.717) is 12.5 Å². The van der Waals surface area contributed by atoms with Crippen LogP contribution < -0.4 is 10.6 Å². The number of piperidine rings is 1. The SMILES string of the molecule is Cc1cc(C)nc(N2CCC(Cn3c(=O)[nH]c4cccnc43)CC2)n1. The molecule has 1 fully saturated rings. The van der Waals surface area contributed by atoms with Gasteiger partial charge in [0.15, 0.2) is 5.65 Å². The number of anilines is 1. The second kappa shape index (κ2) is 6.31. The number of fused-ring (bicyclic) bond motifs is 1. The molecule has 0 atom stereocenters. The zero-order valence-corrected chi connectivity index (χ0v) is 14.6. The number of hydrogen-bond acceptors (Lipinski definition) is 5. The molecule has 3 aromatic rings. The van der Waals surface area contributed by atoms with E-state index in [-0.39, 0.29) is 5.69 Å². The van der Waals surface area contributed by atoms with Gasteiger partial charge < -0.3 is 9.88 Å². The fourth-order valence-corrected chi connectivity index (χ4v) is 3.58. The van der Waals surface area contributed by atoms with Crippen molar-refractivity contribution in [2.75, 3.05) is 18.0 Å². The van der Waals surface area contributed by atoms with Crippen LogP contribution in [0.2, 0.25) is 0 Å². The van der Waals surface area contributed by atoms with Crippen LogP contribution in [0, 0.1) is 19.8 Å². The molecule has 0 radical (unpaired) electrons. The molecule has 7 heteroatoms. The van der Waals surface area contributed by atoms with Gasteiger partial charge in [0.25, 0.3) is 0 Å². The number of hydrogen-bond donors (Lipinski definition) is 1. The standard InChI is InChI=1S/C18H22N6O/c1-12-10-13(2)21-17(20-12)23-8-5-14(6-9-23)11-24-16-15(22-18(24)25)4-3-7-19-16/h3-4,7,10,14H,5-6,8-9,11H2,1-2H3,(H,22,25). The fourth-order valence-electron chi connectivity index (χ4n) is 3.58. The number of nitrogens with one attached hydrogen (secondary N) is 1. The third kappa shape index (κ3) is 3.14. The van der Waals surface area contributed by atoms with E-state index in [9.17, 15) is 4.79 Å². The molecule has 3 aromatic heterocycles. The summed E-state index contributed by atoms with van der Waals surface area (Å²) in [4.78, 5) is 30.8. The van der Waals surface area contributed by atoms with Crippen LogP contribution in [0.4, 0.5) is 5.95 Å². The number of aryl methyl sites for hydroxylation is 2. The number of nitrogens with zero attached hydrogens (tertiary/aromatic N) is 5. The average molecular weight is 338 g/mol. The van der Waals surface area contributed by atoms with Crippen LogP contribution in [-0.4, -0.2) is 37.6 Å². The summed E-state index contributed by atoms with van der Waals surface area (Å²) in [7, 11) is 0. The van der Waals surface area contributed by atoms with E-state index in [1.807, 2.05) is 32.0 Å². The van der Waals surface area contributed by atoms with Crippen molar-refractivity contribution in [3.05, 3.63) is 46.3 Å². The highest BCUT2D eigenvalue weighted by Crippen LogP contribution is 2.23. The van der Waals surface area contributed by atoms with Crippen LogP contribution in [0.25, 0.3) is 11.2 Å². The average Bonchev–Trinajstić information content (AvgIpc) is 2.90. The second-order valence-electron chi connectivity index (χ2n) is 6.80. The Labute approximate surface area is 145 Å². The first-order valence-electron chi connectivity index (χ1n) is 8.71. The Balaban J connectivity index is 1.47. The molecule has 1 saturated heterocycles. The van der Waals surface area contributed by atoms with Crippen molar-refractivity contribution in [1.29, 1.82) is 0 Å². The minimum atomic E-state index is -0.0752. The summed E-state index contributed by atoms with van der Waals surface area (Å²) < 4.78 is 1.77. The Bertz CT molecular complexity index is 931. The van der Waals surface area contributed by atoms with Gasteiger partial charge >= 0.3 is 5.69 Å². The first-order chi connectivity index (χ1) is 12.1. The first-order valence-corrected chi connectivity index (χ1v) is 8.71. The van der Waals surface area contributed by atoms with Gasteiger partial charge in [-0.05, 0) is 50.8 Å². The summed E-state index contributed by atoms with van der Waals surface area (Å²) in [5.74, 6) is 1.28. The zero-order valence-electron chi connectivity index (χ0n) is 14.6. The minimum Gasteiger partial charge on any atom is -0.341 e. The lowest BCUT2D eigenvalue weighted by Gasteiger charge is -2.32. The summed E-state index contributed by atoms with van der Waals surface area (Å²) in [6.07, 6.45) is 3.76. The van der Waals surface area contributed by atoms with Crippen molar-refractivity contribution in [2.24, 2.45) is 5.92 Å². The van der Waals surface area contributed by atoms with Crippen LogP contribution >= 0.6 is 0 Å². The highest BCUT2D eigenvalue weighted by Gasteiger charge is 2.23. The molecule has 0 aliphatic carbocycles. The Kier molecular flexibility index (Phi) is 3.99. The lowest BCUT2D eigenvalue weighted by molar-refractivity contribution is 0.354. The van der Waals surface area contributed by atoms with Crippen LogP contribution in [0.15, 0.2) is 29.2 Å². The third-order valence-corrected chi connectivity index (χ3v) is 4.84. The van der Waals surface area contributed by atoms with Gasteiger partial charge in [-0.25, -0.2) is 19.7 Å². The summed E-state index contributed by atoms with van der Waals surface area (Å²) in [5, 5.41) is 0. The minimum absolute atomic E-state index is 0.0752. The van der Waals surface area contributed by atoms with E-state index < -0.39 is 0 Å². The lowest BCUT2D eigenvalue weighted by Crippen LogP contribution is -2.37. The van der Waals surface area contributed by atoms with Gasteiger partial charge in [-0.15, -0.1) is 0 Å². The van der Waals surface area contributed by atoms with E-state index in [0.717, 1.165) is 54.4 Å². The molecule has 0 saturated carbocycles. The third-order valence-electron chi connectivity index (χ3n) is 4.84. The van der Waals surface area contributed by atoms with E-state index in [1.165, 1.54) is 0 Å². The monoisotopic (exact) mass is 338 g/mol. The Hall–Kier alpha value is -2.70. The number of rotatable bonds is 3. The van der Waals surface area contributed by atoms with Crippen molar-refractivity contribution < 1.29 is 0 Å². The topological polar surface area (TPSA) is 79.7 Å². The van der Waals surface area contributed by atoms with Crippen molar-refractivity contribution in [3.63, 3.8) is 0 Å². The molecule has 0 aromatic carbocycles. The van der Waals surface area contributed by atoms with Crippen molar-refractivity contribution in [3.8, 4) is 0 Å². The second-order valence-corrected chi connectivity index (χ2v) is 6.80. The molecule has 4 heterocycles. The van der Waals surface area contributed by atoms with Crippen LogP contribution in [0.3, 0.4) is 0 Å². The Morgan fingerprint density at radius 3 is 2.64 bits per heavy atom. The molecule has 0 spiro atoms. The normalized spacial score (nSPS) is 15.8. The van der Waals surface area contributed by atoms with Gasteiger partial charge in [-0.1, -0.05) is 0 Å². The molecule has 0 amide bonds. The smallest absolute Gasteiger partial charge is 0.327 e. The van der Waals surface area contributed by atoms with Crippen LogP contribution in [0.1, 0.15) is 24.2 Å². The highest BCUT2D eigenvalue weighted by atomic mass is 16.1. The van der Waals surface area contributed by atoms with E-state index in [4.69, 9.17) is 0 Å². The molecular weight excluding hydrogens is 316 g/mol. The van der Waals surface area contributed by atoms with Gasteiger partial charge in [0.05, 0.1) is 5.52 Å². The van der Waals surface area contributed by atoms with E-state index in [2.05, 4.69) is 24.8 Å². The van der Waals surface area contributed by atoms with Gasteiger partial charge in [0.2, 0.25) is 5.95 Å². The largest absolute Gasteiger partial charge is 0.341 e. The summed E-state index contributed by atoms with van der Waals surface area (Å²) in [5.41, 5.74) is 3.47. The number of pyridine rings is 1. The Morgan fingerprint density at radius 2 is 1.92 bits per heavy atom. The molecule has 1 aliphatic heterocycles. The fraction of sp³-hybridized carbons (Fsp3) is 0.444. The number of H-pyrrole nitrogens is 1.